The van der Waals surface area contributed by atoms with Crippen LogP contribution in [-0.4, -0.2) is 17.0 Å². The van der Waals surface area contributed by atoms with Gasteiger partial charge in [-0.25, -0.2) is 0 Å². The lowest BCUT2D eigenvalue weighted by atomic mass is 9.65. The summed E-state index contributed by atoms with van der Waals surface area (Å²) in [7, 11) is 0. The molecule has 1 saturated carbocycles. The van der Waals surface area contributed by atoms with E-state index in [1.807, 2.05) is 0 Å². The van der Waals surface area contributed by atoms with Crippen molar-refractivity contribution in [2.24, 2.45) is 16.7 Å². The molecular weight excluding hydrogens is 236 g/mol. The number of carbonyl (C=O) groups excluding carboxylic acids is 1. The average Bonchev–Trinajstić information content (AvgIpc) is 2.62. The molecule has 0 heterocycles. The Bertz CT molecular complexity index is 304. The highest BCUT2D eigenvalue weighted by Gasteiger charge is 2.50. The minimum absolute atomic E-state index is 0.0886. The molecule has 0 radical (unpaired) electrons. The summed E-state index contributed by atoms with van der Waals surface area (Å²) < 4.78 is 0. The van der Waals surface area contributed by atoms with Crippen LogP contribution >= 0.6 is 0 Å². The molecule has 2 nitrogen and oxygen atoms in total. The Kier molecular flexibility index (Phi) is 5.22. The summed E-state index contributed by atoms with van der Waals surface area (Å²) in [5, 5.41) is 10.3. The van der Waals surface area contributed by atoms with Crippen molar-refractivity contribution in [2.75, 3.05) is 0 Å². The second-order valence-electron chi connectivity index (χ2n) is 7.32. The molecule has 1 fully saturated rings. The first-order valence-corrected chi connectivity index (χ1v) is 7.93. The zero-order chi connectivity index (χ0) is 14.7. The van der Waals surface area contributed by atoms with E-state index in [-0.39, 0.29) is 10.8 Å². The molecule has 1 aliphatic carbocycles. The van der Waals surface area contributed by atoms with Crippen LogP contribution < -0.4 is 0 Å². The first-order chi connectivity index (χ1) is 8.74. The van der Waals surface area contributed by atoms with Crippen molar-refractivity contribution in [3.63, 3.8) is 0 Å². The standard InChI is InChI=1S/C17H32O2/c1-6-17(19,7-2)11-8-9-14-10-12-16(5,13-18)15(14,3)4/h13-14,19H,6-12H2,1-5H3/t14-,16+/m1/s1. The van der Waals surface area contributed by atoms with E-state index >= 15 is 0 Å². The third-order valence-electron chi connectivity index (χ3n) is 6.28. The number of hydrogen-bond acceptors (Lipinski definition) is 2. The van der Waals surface area contributed by atoms with Crippen LogP contribution in [0.25, 0.3) is 0 Å². The van der Waals surface area contributed by atoms with Gasteiger partial charge < -0.3 is 9.90 Å². The smallest absolute Gasteiger partial charge is 0.126 e. The fraction of sp³-hybridized carbons (Fsp3) is 0.941. The van der Waals surface area contributed by atoms with Crippen LogP contribution in [0.2, 0.25) is 0 Å². The molecular formula is C17H32O2. The molecule has 0 aromatic rings. The molecule has 19 heavy (non-hydrogen) atoms. The van der Waals surface area contributed by atoms with E-state index in [1.165, 1.54) is 6.29 Å². The Labute approximate surface area is 119 Å². The Hall–Kier alpha value is -0.370. The summed E-state index contributed by atoms with van der Waals surface area (Å²) in [5.74, 6) is 0.612. The summed E-state index contributed by atoms with van der Waals surface area (Å²) in [6, 6.07) is 0. The first kappa shape index (κ1) is 16.7. The SMILES string of the molecule is CCC(O)(CC)CCC[C@@H]1CC[C@@](C)(C=O)C1(C)C. The quantitative estimate of drug-likeness (QED) is 0.697. The number of aldehydes is 1. The molecule has 0 unspecified atom stereocenters. The summed E-state index contributed by atoms with van der Waals surface area (Å²) in [6.07, 6.45) is 8.11. The summed E-state index contributed by atoms with van der Waals surface area (Å²) in [6.45, 7) is 10.7. The lowest BCUT2D eigenvalue weighted by Gasteiger charge is -2.38. The highest BCUT2D eigenvalue weighted by molar-refractivity contribution is 5.61. The van der Waals surface area contributed by atoms with Crippen LogP contribution in [0.4, 0.5) is 0 Å². The van der Waals surface area contributed by atoms with Crippen molar-refractivity contribution in [1.82, 2.24) is 0 Å². The zero-order valence-corrected chi connectivity index (χ0v) is 13.5. The Morgan fingerprint density at radius 3 is 2.26 bits per heavy atom. The molecule has 1 aliphatic rings. The lowest BCUT2D eigenvalue weighted by Crippen LogP contribution is -2.35. The van der Waals surface area contributed by atoms with Crippen LogP contribution in [0, 0.1) is 16.7 Å². The van der Waals surface area contributed by atoms with Gasteiger partial charge in [-0.3, -0.25) is 0 Å². The highest BCUT2D eigenvalue weighted by Crippen LogP contribution is 2.56. The highest BCUT2D eigenvalue weighted by atomic mass is 16.3. The molecule has 0 spiro atoms. The number of carbonyl (C=O) groups is 1. The Balaban J connectivity index is 2.54. The van der Waals surface area contributed by atoms with Gasteiger partial charge in [0.1, 0.15) is 6.29 Å². The van der Waals surface area contributed by atoms with Gasteiger partial charge in [-0.2, -0.15) is 0 Å². The molecule has 0 aromatic heterocycles. The van der Waals surface area contributed by atoms with Gasteiger partial charge in [-0.15, -0.1) is 0 Å². The van der Waals surface area contributed by atoms with Crippen LogP contribution in [0.15, 0.2) is 0 Å². The summed E-state index contributed by atoms with van der Waals surface area (Å²) >= 11 is 0. The molecule has 0 amide bonds. The van der Waals surface area contributed by atoms with Gasteiger partial charge in [0.2, 0.25) is 0 Å². The minimum Gasteiger partial charge on any atom is -0.390 e. The van der Waals surface area contributed by atoms with E-state index in [2.05, 4.69) is 34.6 Å². The molecule has 112 valence electrons. The normalized spacial score (nSPS) is 30.5. The minimum atomic E-state index is -0.475. The van der Waals surface area contributed by atoms with Gasteiger partial charge in [-0.05, 0) is 49.9 Å². The second-order valence-corrected chi connectivity index (χ2v) is 7.32. The third-order valence-corrected chi connectivity index (χ3v) is 6.28. The fourth-order valence-corrected chi connectivity index (χ4v) is 3.62. The maximum atomic E-state index is 11.4. The van der Waals surface area contributed by atoms with Crippen molar-refractivity contribution in [3.05, 3.63) is 0 Å². The topological polar surface area (TPSA) is 37.3 Å². The molecule has 2 heteroatoms. The molecule has 0 bridgehead atoms. The Morgan fingerprint density at radius 1 is 1.26 bits per heavy atom. The average molecular weight is 268 g/mol. The van der Waals surface area contributed by atoms with E-state index in [9.17, 15) is 9.90 Å². The molecule has 0 saturated heterocycles. The number of hydrogen-bond donors (Lipinski definition) is 1. The maximum absolute atomic E-state index is 11.4. The van der Waals surface area contributed by atoms with Gasteiger partial charge in [0.05, 0.1) is 5.60 Å². The monoisotopic (exact) mass is 268 g/mol. The first-order valence-electron chi connectivity index (χ1n) is 7.93. The Morgan fingerprint density at radius 2 is 1.84 bits per heavy atom. The molecule has 1 N–H and O–H groups in total. The molecule has 2 atom stereocenters. The van der Waals surface area contributed by atoms with Crippen LogP contribution in [0.3, 0.4) is 0 Å². The van der Waals surface area contributed by atoms with E-state index < -0.39 is 5.60 Å². The zero-order valence-electron chi connectivity index (χ0n) is 13.5. The van der Waals surface area contributed by atoms with Crippen LogP contribution in [-0.2, 0) is 4.79 Å². The van der Waals surface area contributed by atoms with Gasteiger partial charge in [0, 0.05) is 5.41 Å². The predicted molar refractivity (Wildman–Crippen MR) is 80.1 cm³/mol. The third kappa shape index (κ3) is 3.21. The van der Waals surface area contributed by atoms with Crippen molar-refractivity contribution >= 4 is 6.29 Å². The largest absolute Gasteiger partial charge is 0.390 e. The van der Waals surface area contributed by atoms with Crippen molar-refractivity contribution in [1.29, 1.82) is 0 Å². The summed E-state index contributed by atoms with van der Waals surface area (Å²) in [4.78, 5) is 11.4. The van der Waals surface area contributed by atoms with E-state index in [0.717, 1.165) is 44.9 Å². The van der Waals surface area contributed by atoms with E-state index in [1.54, 1.807) is 0 Å². The van der Waals surface area contributed by atoms with Gasteiger partial charge in [0.25, 0.3) is 0 Å². The lowest BCUT2D eigenvalue weighted by molar-refractivity contribution is -0.120. The predicted octanol–water partition coefficient (Wildman–Crippen LogP) is 4.35. The van der Waals surface area contributed by atoms with Gasteiger partial charge in [0.15, 0.2) is 0 Å². The number of aliphatic hydroxyl groups is 1. The summed E-state index contributed by atoms with van der Waals surface area (Å²) in [5.41, 5.74) is -0.550. The molecule has 0 aromatic carbocycles. The van der Waals surface area contributed by atoms with Crippen molar-refractivity contribution < 1.29 is 9.90 Å². The van der Waals surface area contributed by atoms with Crippen LogP contribution in [0.1, 0.15) is 79.6 Å². The van der Waals surface area contributed by atoms with Crippen LogP contribution in [0.5, 0.6) is 0 Å². The second kappa shape index (κ2) is 5.95. The van der Waals surface area contributed by atoms with Crippen molar-refractivity contribution in [2.45, 2.75) is 85.2 Å². The molecule has 0 aliphatic heterocycles. The van der Waals surface area contributed by atoms with Gasteiger partial charge in [-0.1, -0.05) is 41.0 Å². The molecule has 1 rings (SSSR count). The van der Waals surface area contributed by atoms with Gasteiger partial charge >= 0.3 is 0 Å². The maximum Gasteiger partial charge on any atom is 0.126 e. The fourth-order valence-electron chi connectivity index (χ4n) is 3.62. The van der Waals surface area contributed by atoms with E-state index in [4.69, 9.17) is 0 Å². The number of rotatable bonds is 7. The van der Waals surface area contributed by atoms with E-state index in [0.29, 0.717) is 5.92 Å². The van der Waals surface area contributed by atoms with Crippen molar-refractivity contribution in [3.8, 4) is 0 Å².